The maximum absolute atomic E-state index is 4.56. The van der Waals surface area contributed by atoms with Gasteiger partial charge in [0.25, 0.3) is 0 Å². The van der Waals surface area contributed by atoms with Gasteiger partial charge < -0.3 is 9.80 Å². The quantitative estimate of drug-likeness (QED) is 0.858. The molecular formula is C19H24N6. The zero-order valence-electron chi connectivity index (χ0n) is 14.7. The van der Waals surface area contributed by atoms with Crippen LogP contribution in [-0.2, 0) is 0 Å². The summed E-state index contributed by atoms with van der Waals surface area (Å²) < 4.78 is 0. The van der Waals surface area contributed by atoms with Crippen molar-refractivity contribution in [2.24, 2.45) is 11.8 Å². The van der Waals surface area contributed by atoms with Gasteiger partial charge in [-0.2, -0.15) is 5.10 Å². The van der Waals surface area contributed by atoms with E-state index in [2.05, 4.69) is 42.1 Å². The Labute approximate surface area is 148 Å². The summed E-state index contributed by atoms with van der Waals surface area (Å²) in [5.74, 6) is 4.17. The lowest BCUT2D eigenvalue weighted by Gasteiger charge is -2.26. The molecule has 3 aliphatic rings. The fraction of sp³-hybridized carbons (Fsp3) is 0.579. The number of hydrogen-bond donors (Lipinski definition) is 0. The van der Waals surface area contributed by atoms with Gasteiger partial charge in [-0.25, -0.2) is 9.97 Å². The third kappa shape index (κ3) is 2.73. The van der Waals surface area contributed by atoms with Crippen LogP contribution in [0.3, 0.4) is 0 Å². The van der Waals surface area contributed by atoms with Gasteiger partial charge in [0.05, 0.1) is 5.69 Å². The number of nitrogens with zero attached hydrogens (tertiary/aromatic N) is 6. The minimum Gasteiger partial charge on any atom is -0.356 e. The van der Waals surface area contributed by atoms with E-state index in [1.165, 1.54) is 25.0 Å². The molecule has 0 amide bonds. The summed E-state index contributed by atoms with van der Waals surface area (Å²) >= 11 is 0. The molecule has 6 heteroatoms. The smallest absolute Gasteiger partial charge is 0.151 e. The number of fused-ring (bicyclic) bond motifs is 1. The zero-order valence-corrected chi connectivity index (χ0v) is 14.7. The van der Waals surface area contributed by atoms with E-state index in [0.717, 1.165) is 43.5 Å². The summed E-state index contributed by atoms with van der Waals surface area (Å²) in [4.78, 5) is 13.9. The summed E-state index contributed by atoms with van der Waals surface area (Å²) in [6.07, 6.45) is 5.67. The topological polar surface area (TPSA) is 58.0 Å². The van der Waals surface area contributed by atoms with E-state index >= 15 is 0 Å². The van der Waals surface area contributed by atoms with Gasteiger partial charge in [-0.15, -0.1) is 5.10 Å². The maximum atomic E-state index is 4.56. The van der Waals surface area contributed by atoms with Crippen LogP contribution in [-0.4, -0.2) is 46.3 Å². The second-order valence-electron chi connectivity index (χ2n) is 7.79. The van der Waals surface area contributed by atoms with Crippen LogP contribution in [0, 0.1) is 18.8 Å². The van der Waals surface area contributed by atoms with Crippen LogP contribution in [0.5, 0.6) is 0 Å². The molecule has 3 fully saturated rings. The van der Waals surface area contributed by atoms with Crippen LogP contribution in [0.2, 0.25) is 0 Å². The lowest BCUT2D eigenvalue weighted by atomic mass is 9.83. The van der Waals surface area contributed by atoms with E-state index in [9.17, 15) is 0 Å². The Bertz CT molecular complexity index is 743. The minimum atomic E-state index is 0.666. The highest BCUT2D eigenvalue weighted by atomic mass is 15.3. The normalized spacial score (nSPS) is 26.0. The Morgan fingerprint density at radius 3 is 2.20 bits per heavy atom. The van der Waals surface area contributed by atoms with E-state index in [0.29, 0.717) is 17.8 Å². The number of aromatic nitrogens is 4. The van der Waals surface area contributed by atoms with E-state index in [1.54, 1.807) is 6.33 Å². The molecule has 2 unspecified atom stereocenters. The third-order valence-corrected chi connectivity index (χ3v) is 6.12. The monoisotopic (exact) mass is 336 g/mol. The number of rotatable bonds is 3. The first-order valence-corrected chi connectivity index (χ1v) is 9.38. The van der Waals surface area contributed by atoms with Crippen molar-refractivity contribution in [1.29, 1.82) is 0 Å². The molecule has 2 atom stereocenters. The summed E-state index contributed by atoms with van der Waals surface area (Å²) in [6, 6.07) is 6.37. The molecule has 2 saturated heterocycles. The molecule has 130 valence electrons. The summed E-state index contributed by atoms with van der Waals surface area (Å²) in [5.41, 5.74) is 2.21. The average molecular weight is 336 g/mol. The third-order valence-electron chi connectivity index (χ3n) is 6.12. The van der Waals surface area contributed by atoms with Crippen molar-refractivity contribution < 1.29 is 0 Å². The van der Waals surface area contributed by atoms with Gasteiger partial charge in [-0.1, -0.05) is 6.42 Å². The number of hydrogen-bond acceptors (Lipinski definition) is 6. The van der Waals surface area contributed by atoms with Crippen molar-refractivity contribution in [3.63, 3.8) is 0 Å². The van der Waals surface area contributed by atoms with Crippen molar-refractivity contribution in [1.82, 2.24) is 20.2 Å². The van der Waals surface area contributed by atoms with Gasteiger partial charge in [0.15, 0.2) is 5.82 Å². The predicted molar refractivity (Wildman–Crippen MR) is 96.8 cm³/mol. The molecule has 1 saturated carbocycles. The van der Waals surface area contributed by atoms with Crippen LogP contribution in [0.15, 0.2) is 24.5 Å². The fourth-order valence-corrected chi connectivity index (χ4v) is 4.39. The first-order valence-electron chi connectivity index (χ1n) is 9.38. The zero-order chi connectivity index (χ0) is 16.8. The highest BCUT2D eigenvalue weighted by Gasteiger charge is 2.41. The molecule has 6 nitrogen and oxygen atoms in total. The van der Waals surface area contributed by atoms with Crippen LogP contribution in [0.1, 0.15) is 36.6 Å². The van der Waals surface area contributed by atoms with Crippen molar-refractivity contribution in [3.8, 4) is 0 Å². The van der Waals surface area contributed by atoms with E-state index in [1.807, 2.05) is 13.0 Å². The Morgan fingerprint density at radius 2 is 1.60 bits per heavy atom. The van der Waals surface area contributed by atoms with Crippen LogP contribution in [0.25, 0.3) is 0 Å². The molecule has 2 aliphatic heterocycles. The molecule has 2 aromatic heterocycles. The molecule has 5 rings (SSSR count). The SMILES string of the molecule is Cc1ccc(N2CC3CN(c4cc(C5CCC5)ncn4)CC3C2)nn1. The van der Waals surface area contributed by atoms with E-state index in [-0.39, 0.29) is 0 Å². The largest absolute Gasteiger partial charge is 0.356 e. The van der Waals surface area contributed by atoms with Gasteiger partial charge >= 0.3 is 0 Å². The predicted octanol–water partition coefficient (Wildman–Crippen LogP) is 2.42. The number of aryl methyl sites for hydroxylation is 1. The molecule has 2 aromatic rings. The van der Waals surface area contributed by atoms with Gasteiger partial charge in [0, 0.05) is 55.7 Å². The van der Waals surface area contributed by atoms with Gasteiger partial charge in [-0.05, 0) is 31.9 Å². The molecule has 1 aliphatic carbocycles. The summed E-state index contributed by atoms with van der Waals surface area (Å²) in [6.45, 7) is 6.29. The summed E-state index contributed by atoms with van der Waals surface area (Å²) in [5, 5.41) is 8.55. The number of anilines is 2. The van der Waals surface area contributed by atoms with Gasteiger partial charge in [-0.3, -0.25) is 0 Å². The molecule has 0 N–H and O–H groups in total. The average Bonchev–Trinajstić information content (AvgIpc) is 3.13. The van der Waals surface area contributed by atoms with E-state index < -0.39 is 0 Å². The molecule has 0 radical (unpaired) electrons. The van der Waals surface area contributed by atoms with Crippen molar-refractivity contribution >= 4 is 11.6 Å². The second-order valence-corrected chi connectivity index (χ2v) is 7.79. The highest BCUT2D eigenvalue weighted by Crippen LogP contribution is 2.38. The Balaban J connectivity index is 1.27. The second kappa shape index (κ2) is 5.93. The van der Waals surface area contributed by atoms with Crippen LogP contribution in [0.4, 0.5) is 11.6 Å². The fourth-order valence-electron chi connectivity index (χ4n) is 4.39. The maximum Gasteiger partial charge on any atom is 0.151 e. The van der Waals surface area contributed by atoms with E-state index in [4.69, 9.17) is 0 Å². The van der Waals surface area contributed by atoms with Crippen molar-refractivity contribution in [3.05, 3.63) is 35.9 Å². The first kappa shape index (κ1) is 15.0. The van der Waals surface area contributed by atoms with Crippen molar-refractivity contribution in [2.45, 2.75) is 32.1 Å². The molecule has 25 heavy (non-hydrogen) atoms. The summed E-state index contributed by atoms with van der Waals surface area (Å²) in [7, 11) is 0. The molecule has 0 bridgehead atoms. The Morgan fingerprint density at radius 1 is 0.880 bits per heavy atom. The Kier molecular flexibility index (Phi) is 3.57. The lowest BCUT2D eigenvalue weighted by molar-refractivity contribution is 0.410. The highest BCUT2D eigenvalue weighted by molar-refractivity contribution is 5.45. The van der Waals surface area contributed by atoms with Gasteiger partial charge in [0.1, 0.15) is 12.1 Å². The molecule has 4 heterocycles. The van der Waals surface area contributed by atoms with Gasteiger partial charge in [0.2, 0.25) is 0 Å². The van der Waals surface area contributed by atoms with Crippen LogP contribution < -0.4 is 9.80 Å². The van der Waals surface area contributed by atoms with Crippen molar-refractivity contribution in [2.75, 3.05) is 36.0 Å². The van der Waals surface area contributed by atoms with Crippen LogP contribution >= 0.6 is 0 Å². The lowest BCUT2D eigenvalue weighted by Crippen LogP contribution is -2.30. The Hall–Kier alpha value is -2.24. The molecule has 0 aromatic carbocycles. The molecular weight excluding hydrogens is 312 g/mol. The first-order chi connectivity index (χ1) is 12.3. The minimum absolute atomic E-state index is 0.666. The standard InChI is InChI=1S/C19H24N6/c1-13-5-6-18(23-22-13)24-8-15-10-25(11-16(15)9-24)19-7-17(20-12-21-19)14-3-2-4-14/h5-7,12,14-16H,2-4,8-11H2,1H3. The molecule has 0 spiro atoms.